The molecule has 0 fully saturated rings. The number of benzene rings is 2. The number of sulfonamides is 1. The van der Waals surface area contributed by atoms with E-state index in [2.05, 4.69) is 5.32 Å². The third-order valence-electron chi connectivity index (χ3n) is 4.79. The van der Waals surface area contributed by atoms with E-state index in [9.17, 15) is 13.2 Å². The Hall–Kier alpha value is -2.74. The zero-order valence-electron chi connectivity index (χ0n) is 18.6. The smallest absolute Gasteiger partial charge is 0.260 e. The van der Waals surface area contributed by atoms with E-state index in [-0.39, 0.29) is 40.3 Å². The lowest BCUT2D eigenvalue weighted by Gasteiger charge is -2.16. The molecule has 0 aliphatic heterocycles. The molecule has 2 aromatic rings. The van der Waals surface area contributed by atoms with Gasteiger partial charge in [-0.25, -0.2) is 21.9 Å². The monoisotopic (exact) mass is 450 g/mol. The van der Waals surface area contributed by atoms with E-state index in [0.29, 0.717) is 5.56 Å². The summed E-state index contributed by atoms with van der Waals surface area (Å²) in [5.41, 5.74) is 1.67. The standard InChI is InChI=1S/C23H28F2N2O3S/c1-7-16(23(28)27-31(6,29)30)12-19-14(4)22(25)20(15(5)21(19)24)17-8-10-18(11-9-17)26-13(2)3/h8-13,26H,7H2,1-6H3,(H,27,28). The molecular formula is C23H28F2N2O3S. The summed E-state index contributed by atoms with van der Waals surface area (Å²) < 4.78 is 55.1. The molecule has 31 heavy (non-hydrogen) atoms. The highest BCUT2D eigenvalue weighted by Crippen LogP contribution is 2.35. The van der Waals surface area contributed by atoms with Crippen LogP contribution in [0.3, 0.4) is 0 Å². The molecule has 5 nitrogen and oxygen atoms in total. The Morgan fingerprint density at radius 2 is 1.65 bits per heavy atom. The minimum atomic E-state index is -3.77. The lowest BCUT2D eigenvalue weighted by Crippen LogP contribution is -2.30. The van der Waals surface area contributed by atoms with Crippen molar-refractivity contribution in [1.82, 2.24) is 4.72 Å². The number of carbonyl (C=O) groups is 1. The third-order valence-corrected chi connectivity index (χ3v) is 5.35. The molecule has 0 aliphatic carbocycles. The number of hydrogen-bond acceptors (Lipinski definition) is 4. The van der Waals surface area contributed by atoms with Gasteiger partial charge in [0.2, 0.25) is 10.0 Å². The molecule has 0 bridgehead atoms. The molecule has 0 unspecified atom stereocenters. The Kier molecular flexibility index (Phi) is 7.59. The first kappa shape index (κ1) is 24.5. The molecule has 0 aromatic heterocycles. The van der Waals surface area contributed by atoms with Gasteiger partial charge in [-0.05, 0) is 69.0 Å². The second kappa shape index (κ2) is 9.60. The summed E-state index contributed by atoms with van der Waals surface area (Å²) in [4.78, 5) is 12.2. The number of halogens is 2. The topological polar surface area (TPSA) is 75.3 Å². The molecule has 0 radical (unpaired) electrons. The number of nitrogens with one attached hydrogen (secondary N) is 2. The van der Waals surface area contributed by atoms with Gasteiger partial charge in [0, 0.05) is 28.4 Å². The van der Waals surface area contributed by atoms with Crippen molar-refractivity contribution in [3.8, 4) is 11.1 Å². The highest BCUT2D eigenvalue weighted by Gasteiger charge is 2.22. The lowest BCUT2D eigenvalue weighted by molar-refractivity contribution is -0.115. The maximum Gasteiger partial charge on any atom is 0.260 e. The summed E-state index contributed by atoms with van der Waals surface area (Å²) in [5, 5.41) is 3.24. The largest absolute Gasteiger partial charge is 0.383 e. The van der Waals surface area contributed by atoms with Gasteiger partial charge in [0.05, 0.1) is 6.26 Å². The molecule has 0 saturated heterocycles. The molecule has 0 saturated carbocycles. The van der Waals surface area contributed by atoms with Gasteiger partial charge in [0.1, 0.15) is 11.6 Å². The van der Waals surface area contributed by atoms with Gasteiger partial charge in [-0.3, -0.25) is 4.79 Å². The Balaban J connectivity index is 2.56. The summed E-state index contributed by atoms with van der Waals surface area (Å²) in [5.74, 6) is -2.11. The van der Waals surface area contributed by atoms with E-state index in [1.807, 2.05) is 18.6 Å². The molecule has 2 aromatic carbocycles. The van der Waals surface area contributed by atoms with E-state index < -0.39 is 27.6 Å². The van der Waals surface area contributed by atoms with Crippen LogP contribution in [0.15, 0.2) is 29.8 Å². The zero-order chi connectivity index (χ0) is 23.5. The molecular weight excluding hydrogens is 422 g/mol. The summed E-state index contributed by atoms with van der Waals surface area (Å²) in [6.07, 6.45) is 2.21. The van der Waals surface area contributed by atoms with Crippen molar-refractivity contribution < 1.29 is 22.0 Å². The van der Waals surface area contributed by atoms with Gasteiger partial charge in [-0.2, -0.15) is 0 Å². The number of anilines is 1. The SMILES string of the molecule is CCC(=Cc1c(C)c(F)c(-c2ccc(NC(C)C)cc2)c(C)c1F)C(=O)NS(C)(=O)=O. The maximum atomic E-state index is 15.3. The van der Waals surface area contributed by atoms with Crippen molar-refractivity contribution in [2.24, 2.45) is 0 Å². The summed E-state index contributed by atoms with van der Waals surface area (Å²) >= 11 is 0. The summed E-state index contributed by atoms with van der Waals surface area (Å²) in [7, 11) is -3.77. The predicted molar refractivity (Wildman–Crippen MR) is 121 cm³/mol. The van der Waals surface area contributed by atoms with Crippen molar-refractivity contribution in [3.05, 3.63) is 58.2 Å². The molecule has 0 atom stereocenters. The number of carbonyl (C=O) groups excluding carboxylic acids is 1. The third kappa shape index (κ3) is 5.91. The average molecular weight is 451 g/mol. The fraction of sp³-hybridized carbons (Fsp3) is 0.348. The van der Waals surface area contributed by atoms with Crippen LogP contribution in [0.5, 0.6) is 0 Å². The van der Waals surface area contributed by atoms with Gasteiger partial charge in [-0.1, -0.05) is 19.1 Å². The number of amides is 1. The Bertz CT molecular complexity index is 1090. The van der Waals surface area contributed by atoms with E-state index >= 15 is 8.78 Å². The van der Waals surface area contributed by atoms with Crippen LogP contribution in [0.2, 0.25) is 0 Å². The summed E-state index contributed by atoms with van der Waals surface area (Å²) in [6.45, 7) is 8.55. The van der Waals surface area contributed by atoms with Crippen LogP contribution in [0.4, 0.5) is 14.5 Å². The normalized spacial score (nSPS) is 12.2. The average Bonchev–Trinajstić information content (AvgIpc) is 2.66. The lowest BCUT2D eigenvalue weighted by atomic mass is 9.92. The molecule has 1 amide bonds. The zero-order valence-corrected chi connectivity index (χ0v) is 19.4. The van der Waals surface area contributed by atoms with Crippen molar-refractivity contribution in [1.29, 1.82) is 0 Å². The first-order valence-electron chi connectivity index (χ1n) is 9.93. The second-order valence-electron chi connectivity index (χ2n) is 7.77. The minimum Gasteiger partial charge on any atom is -0.383 e. The Labute approximate surface area is 182 Å². The molecule has 0 heterocycles. The Morgan fingerprint density at radius 3 is 2.13 bits per heavy atom. The van der Waals surface area contributed by atoms with Crippen LogP contribution >= 0.6 is 0 Å². The van der Waals surface area contributed by atoms with Crippen molar-refractivity contribution in [2.45, 2.75) is 47.1 Å². The first-order chi connectivity index (χ1) is 14.4. The highest BCUT2D eigenvalue weighted by molar-refractivity contribution is 7.89. The molecule has 0 spiro atoms. The summed E-state index contributed by atoms with van der Waals surface area (Å²) in [6, 6.07) is 7.30. The van der Waals surface area contributed by atoms with Crippen LogP contribution in [-0.4, -0.2) is 26.6 Å². The molecule has 8 heteroatoms. The number of rotatable bonds is 7. The predicted octanol–water partition coefficient (Wildman–Crippen LogP) is 4.94. The van der Waals surface area contributed by atoms with Gasteiger partial charge < -0.3 is 5.32 Å². The molecule has 168 valence electrons. The van der Waals surface area contributed by atoms with Gasteiger partial charge in [0.15, 0.2) is 0 Å². The van der Waals surface area contributed by atoms with Crippen molar-refractivity contribution in [2.75, 3.05) is 11.6 Å². The quantitative estimate of drug-likeness (QED) is 0.586. The van der Waals surface area contributed by atoms with Crippen LogP contribution in [0, 0.1) is 25.5 Å². The fourth-order valence-corrected chi connectivity index (χ4v) is 3.73. The molecule has 2 N–H and O–H groups in total. The van der Waals surface area contributed by atoms with Crippen LogP contribution in [0.1, 0.15) is 43.9 Å². The van der Waals surface area contributed by atoms with E-state index in [0.717, 1.165) is 11.9 Å². The fourth-order valence-electron chi connectivity index (χ4n) is 3.26. The van der Waals surface area contributed by atoms with Gasteiger partial charge in [-0.15, -0.1) is 0 Å². The van der Waals surface area contributed by atoms with Crippen molar-refractivity contribution in [3.63, 3.8) is 0 Å². The highest BCUT2D eigenvalue weighted by atomic mass is 32.2. The maximum absolute atomic E-state index is 15.3. The van der Waals surface area contributed by atoms with Crippen LogP contribution in [-0.2, 0) is 14.8 Å². The van der Waals surface area contributed by atoms with Gasteiger partial charge in [0.25, 0.3) is 5.91 Å². The molecule has 2 rings (SSSR count). The molecule has 0 aliphatic rings. The van der Waals surface area contributed by atoms with E-state index in [1.54, 1.807) is 31.2 Å². The van der Waals surface area contributed by atoms with E-state index in [1.165, 1.54) is 19.9 Å². The van der Waals surface area contributed by atoms with E-state index in [4.69, 9.17) is 0 Å². The van der Waals surface area contributed by atoms with Crippen molar-refractivity contribution >= 4 is 27.7 Å². The minimum absolute atomic E-state index is 0.0306. The number of hydrogen-bond donors (Lipinski definition) is 2. The first-order valence-corrected chi connectivity index (χ1v) is 11.8. The second-order valence-corrected chi connectivity index (χ2v) is 9.52. The van der Waals surface area contributed by atoms with Crippen LogP contribution in [0.25, 0.3) is 17.2 Å². The Morgan fingerprint density at radius 1 is 1.06 bits per heavy atom. The van der Waals surface area contributed by atoms with Crippen LogP contribution < -0.4 is 10.0 Å². The van der Waals surface area contributed by atoms with Gasteiger partial charge >= 0.3 is 0 Å².